The van der Waals surface area contributed by atoms with Gasteiger partial charge in [0.1, 0.15) is 11.5 Å². The summed E-state index contributed by atoms with van der Waals surface area (Å²) in [5.41, 5.74) is 1.000. The highest BCUT2D eigenvalue weighted by Gasteiger charge is 2.02. The molecule has 0 unspecified atom stereocenters. The van der Waals surface area contributed by atoms with Crippen molar-refractivity contribution in [1.29, 1.82) is 0 Å². The lowest BCUT2D eigenvalue weighted by atomic mass is 10.1. The number of hydrogen-bond donors (Lipinski definition) is 1. The van der Waals surface area contributed by atoms with Crippen molar-refractivity contribution >= 4 is 11.9 Å². The lowest BCUT2D eigenvalue weighted by Gasteiger charge is -2.02. The molecule has 0 aliphatic rings. The Bertz CT molecular complexity index is 367. The van der Waals surface area contributed by atoms with Gasteiger partial charge in [-0.3, -0.25) is 4.79 Å². The van der Waals surface area contributed by atoms with Gasteiger partial charge in [-0.05, 0) is 24.1 Å². The maximum Gasteiger partial charge on any atom is 0.511 e. The fraction of sp³-hybridized carbons (Fsp3) is 0.333. The fourth-order valence-corrected chi connectivity index (χ4v) is 1.29. The van der Waals surface area contributed by atoms with E-state index in [9.17, 15) is 9.59 Å². The number of carbonyl (C=O) groups is 2. The summed E-state index contributed by atoms with van der Waals surface area (Å²) in [4.78, 5) is 21.3. The van der Waals surface area contributed by atoms with Crippen LogP contribution >= 0.6 is 0 Å². The summed E-state index contributed by atoms with van der Waals surface area (Å²) in [6, 6.07) is 6.70. The first-order valence-electron chi connectivity index (χ1n) is 5.13. The molecule has 4 nitrogen and oxygen atoms in total. The number of carbonyl (C=O) groups excluding carboxylic acids is 1. The first-order valence-corrected chi connectivity index (χ1v) is 5.13. The Morgan fingerprint density at radius 3 is 2.38 bits per heavy atom. The molecule has 1 aromatic rings. The first-order chi connectivity index (χ1) is 7.61. The predicted octanol–water partition coefficient (Wildman–Crippen LogP) is 2.66. The molecule has 4 heteroatoms. The molecule has 0 saturated carbocycles. The van der Waals surface area contributed by atoms with Crippen LogP contribution in [0.15, 0.2) is 24.3 Å². The Hall–Kier alpha value is -1.84. The smallest absolute Gasteiger partial charge is 0.449 e. The van der Waals surface area contributed by atoms with Crippen molar-refractivity contribution in [1.82, 2.24) is 0 Å². The Morgan fingerprint density at radius 1 is 1.25 bits per heavy atom. The molecule has 0 heterocycles. The molecule has 0 atom stereocenters. The Kier molecular flexibility index (Phi) is 4.51. The summed E-state index contributed by atoms with van der Waals surface area (Å²) < 4.78 is 4.47. The number of aryl methyl sites for hydroxylation is 1. The molecular weight excluding hydrogens is 208 g/mol. The van der Waals surface area contributed by atoms with Gasteiger partial charge in [-0.25, -0.2) is 4.79 Å². The molecule has 0 spiro atoms. The molecular formula is C12H14O4. The van der Waals surface area contributed by atoms with Gasteiger partial charge in [0.05, 0.1) is 0 Å². The van der Waals surface area contributed by atoms with E-state index in [4.69, 9.17) is 5.11 Å². The zero-order valence-electron chi connectivity index (χ0n) is 9.10. The topological polar surface area (TPSA) is 63.6 Å². The molecule has 86 valence electrons. The van der Waals surface area contributed by atoms with Crippen LogP contribution in [0.4, 0.5) is 4.79 Å². The molecule has 0 aliphatic carbocycles. The third-order valence-electron chi connectivity index (χ3n) is 2.22. The summed E-state index contributed by atoms with van der Waals surface area (Å²) in [7, 11) is 0. The number of carboxylic acid groups (broad SMARTS) is 1. The largest absolute Gasteiger partial charge is 0.511 e. The van der Waals surface area contributed by atoms with Gasteiger partial charge in [-0.1, -0.05) is 19.1 Å². The van der Waals surface area contributed by atoms with Crippen molar-refractivity contribution in [3.63, 3.8) is 0 Å². The van der Waals surface area contributed by atoms with Crippen molar-refractivity contribution < 1.29 is 19.4 Å². The molecule has 0 saturated heterocycles. The van der Waals surface area contributed by atoms with E-state index in [1.807, 2.05) is 6.92 Å². The standard InChI is InChI=1S/C12H14O4/c1-2-10(13)6-3-9-4-7-11(8-5-9)16-12(14)15/h4-5,7-8H,2-3,6H2,1H3,(H,14,15). The van der Waals surface area contributed by atoms with Gasteiger partial charge in [0.25, 0.3) is 0 Å². The van der Waals surface area contributed by atoms with Crippen LogP contribution in [0.3, 0.4) is 0 Å². The minimum atomic E-state index is -1.33. The van der Waals surface area contributed by atoms with Gasteiger partial charge in [0, 0.05) is 12.8 Å². The van der Waals surface area contributed by atoms with E-state index >= 15 is 0 Å². The van der Waals surface area contributed by atoms with E-state index in [-0.39, 0.29) is 11.5 Å². The molecule has 1 N–H and O–H groups in total. The second-order valence-electron chi connectivity index (χ2n) is 3.40. The van der Waals surface area contributed by atoms with E-state index < -0.39 is 6.16 Å². The molecule has 0 radical (unpaired) electrons. The van der Waals surface area contributed by atoms with Gasteiger partial charge in [0.2, 0.25) is 0 Å². The predicted molar refractivity (Wildman–Crippen MR) is 58.7 cm³/mol. The van der Waals surface area contributed by atoms with Crippen LogP contribution in [-0.2, 0) is 11.2 Å². The maximum absolute atomic E-state index is 11.1. The highest BCUT2D eigenvalue weighted by atomic mass is 16.7. The summed E-state index contributed by atoms with van der Waals surface area (Å²) in [6.45, 7) is 1.84. The molecule has 0 amide bonds. The number of rotatable bonds is 5. The van der Waals surface area contributed by atoms with Crippen molar-refractivity contribution in [3.8, 4) is 5.75 Å². The van der Waals surface area contributed by atoms with Crippen LogP contribution in [0.1, 0.15) is 25.3 Å². The SMILES string of the molecule is CCC(=O)CCc1ccc(OC(=O)O)cc1. The summed E-state index contributed by atoms with van der Waals surface area (Å²) in [6.07, 6.45) is 0.435. The highest BCUT2D eigenvalue weighted by molar-refractivity contribution is 5.78. The number of Topliss-reactive ketones (excluding diaryl/α,β-unsaturated/α-hetero) is 1. The maximum atomic E-state index is 11.1. The van der Waals surface area contributed by atoms with Crippen molar-refractivity contribution in [2.24, 2.45) is 0 Å². The minimum Gasteiger partial charge on any atom is -0.449 e. The molecule has 1 rings (SSSR count). The van der Waals surface area contributed by atoms with Gasteiger partial charge in [0.15, 0.2) is 0 Å². The van der Waals surface area contributed by atoms with Gasteiger partial charge >= 0.3 is 6.16 Å². The van der Waals surface area contributed by atoms with Crippen LogP contribution in [0.2, 0.25) is 0 Å². The third kappa shape index (κ3) is 4.13. The number of ketones is 1. The van der Waals surface area contributed by atoms with E-state index in [0.717, 1.165) is 5.56 Å². The van der Waals surface area contributed by atoms with Crippen LogP contribution in [-0.4, -0.2) is 17.0 Å². The highest BCUT2D eigenvalue weighted by Crippen LogP contribution is 2.13. The average molecular weight is 222 g/mol. The van der Waals surface area contributed by atoms with E-state index in [1.165, 1.54) is 0 Å². The zero-order valence-corrected chi connectivity index (χ0v) is 9.10. The third-order valence-corrected chi connectivity index (χ3v) is 2.22. The fourth-order valence-electron chi connectivity index (χ4n) is 1.29. The zero-order chi connectivity index (χ0) is 12.0. The van der Waals surface area contributed by atoms with E-state index in [0.29, 0.717) is 19.3 Å². The second kappa shape index (κ2) is 5.90. The van der Waals surface area contributed by atoms with Crippen LogP contribution < -0.4 is 4.74 Å². The Balaban J connectivity index is 2.51. The summed E-state index contributed by atoms with van der Waals surface area (Å²) in [5, 5.41) is 8.38. The Morgan fingerprint density at radius 2 is 1.88 bits per heavy atom. The second-order valence-corrected chi connectivity index (χ2v) is 3.40. The van der Waals surface area contributed by atoms with Crippen molar-refractivity contribution in [2.75, 3.05) is 0 Å². The monoisotopic (exact) mass is 222 g/mol. The lowest BCUT2D eigenvalue weighted by Crippen LogP contribution is -2.03. The summed E-state index contributed by atoms with van der Waals surface area (Å²) >= 11 is 0. The van der Waals surface area contributed by atoms with Crippen LogP contribution in [0, 0.1) is 0 Å². The number of ether oxygens (including phenoxy) is 1. The molecule has 0 bridgehead atoms. The summed E-state index contributed by atoms with van der Waals surface area (Å²) in [5.74, 6) is 0.518. The molecule has 0 aromatic heterocycles. The minimum absolute atomic E-state index is 0.228. The number of benzene rings is 1. The number of hydrogen-bond acceptors (Lipinski definition) is 3. The van der Waals surface area contributed by atoms with Crippen molar-refractivity contribution in [3.05, 3.63) is 29.8 Å². The molecule has 1 aromatic carbocycles. The van der Waals surface area contributed by atoms with E-state index in [1.54, 1.807) is 24.3 Å². The lowest BCUT2D eigenvalue weighted by molar-refractivity contribution is -0.118. The van der Waals surface area contributed by atoms with E-state index in [2.05, 4.69) is 4.74 Å². The van der Waals surface area contributed by atoms with Crippen LogP contribution in [0.25, 0.3) is 0 Å². The van der Waals surface area contributed by atoms with Gasteiger partial charge in [-0.2, -0.15) is 0 Å². The average Bonchev–Trinajstić information content (AvgIpc) is 2.27. The molecule has 0 fully saturated rings. The van der Waals surface area contributed by atoms with Crippen LogP contribution in [0.5, 0.6) is 5.75 Å². The Labute approximate surface area is 93.9 Å². The first kappa shape index (κ1) is 12.2. The molecule has 0 aliphatic heterocycles. The quantitative estimate of drug-likeness (QED) is 0.614. The molecule has 16 heavy (non-hydrogen) atoms. The van der Waals surface area contributed by atoms with Gasteiger partial charge in [-0.15, -0.1) is 0 Å². The normalized spacial score (nSPS) is 9.81. The van der Waals surface area contributed by atoms with Gasteiger partial charge < -0.3 is 9.84 Å². The van der Waals surface area contributed by atoms with Crippen molar-refractivity contribution in [2.45, 2.75) is 26.2 Å².